The molecule has 0 spiro atoms. The molecule has 2 atom stereocenters. The zero-order valence-corrected chi connectivity index (χ0v) is 13.2. The smallest absolute Gasteiger partial charge is 0.0916 e. The molecule has 1 saturated heterocycles. The van der Waals surface area contributed by atoms with Crippen molar-refractivity contribution in [3.63, 3.8) is 0 Å². The molecule has 1 aromatic carbocycles. The molecule has 2 unspecified atom stereocenters. The van der Waals surface area contributed by atoms with E-state index in [1.54, 1.807) is 0 Å². The molecule has 20 heavy (non-hydrogen) atoms. The van der Waals surface area contributed by atoms with Crippen LogP contribution in [0.15, 0.2) is 24.3 Å². The van der Waals surface area contributed by atoms with E-state index in [2.05, 4.69) is 23.8 Å². The Morgan fingerprint density at radius 1 is 1.40 bits per heavy atom. The molecule has 1 heterocycles. The highest BCUT2D eigenvalue weighted by Gasteiger charge is 2.25. The van der Waals surface area contributed by atoms with Crippen molar-refractivity contribution >= 4 is 11.6 Å². The molecule has 1 N–H and O–H groups in total. The van der Waals surface area contributed by atoms with Crippen LogP contribution >= 0.6 is 11.6 Å². The highest BCUT2D eigenvalue weighted by Crippen LogP contribution is 2.22. The van der Waals surface area contributed by atoms with Gasteiger partial charge in [0.1, 0.15) is 0 Å². The number of β-amino-alcohol motifs (C(OH)–C–C–N with tert-alkyl or cyclic N) is 1. The molecule has 0 aliphatic carbocycles. The first-order chi connectivity index (χ1) is 9.58. The molecular weight excluding hydrogens is 272 g/mol. The molecule has 1 aromatic rings. The minimum absolute atomic E-state index is 0.421. The summed E-state index contributed by atoms with van der Waals surface area (Å²) in [5.41, 5.74) is 0.948. The van der Waals surface area contributed by atoms with Gasteiger partial charge in [-0.3, -0.25) is 0 Å². The van der Waals surface area contributed by atoms with Gasteiger partial charge in [-0.05, 0) is 50.2 Å². The van der Waals surface area contributed by atoms with Gasteiger partial charge in [-0.15, -0.1) is 0 Å². The molecule has 4 heteroatoms. The van der Waals surface area contributed by atoms with Crippen molar-refractivity contribution in [2.75, 3.05) is 39.8 Å². The first-order valence-corrected chi connectivity index (χ1v) is 7.80. The average molecular weight is 297 g/mol. The van der Waals surface area contributed by atoms with Gasteiger partial charge in [0, 0.05) is 24.7 Å². The minimum atomic E-state index is -0.421. The molecule has 1 aliphatic rings. The molecule has 0 amide bonds. The van der Waals surface area contributed by atoms with Crippen molar-refractivity contribution in [2.45, 2.75) is 19.4 Å². The third kappa shape index (κ3) is 4.45. The first-order valence-electron chi connectivity index (χ1n) is 7.43. The maximum atomic E-state index is 10.3. The van der Waals surface area contributed by atoms with Crippen molar-refractivity contribution in [1.82, 2.24) is 9.80 Å². The van der Waals surface area contributed by atoms with Crippen LogP contribution in [0.3, 0.4) is 0 Å². The Hall–Kier alpha value is -0.610. The fourth-order valence-corrected chi connectivity index (χ4v) is 2.96. The quantitative estimate of drug-likeness (QED) is 0.874. The van der Waals surface area contributed by atoms with E-state index in [4.69, 9.17) is 11.6 Å². The number of nitrogens with zero attached hydrogens (tertiary/aromatic N) is 2. The lowest BCUT2D eigenvalue weighted by molar-refractivity contribution is 0.123. The highest BCUT2D eigenvalue weighted by atomic mass is 35.5. The lowest BCUT2D eigenvalue weighted by Gasteiger charge is -2.22. The van der Waals surface area contributed by atoms with Gasteiger partial charge in [0.15, 0.2) is 0 Å². The largest absolute Gasteiger partial charge is 0.387 e. The van der Waals surface area contributed by atoms with Crippen LogP contribution in [0, 0.1) is 5.92 Å². The van der Waals surface area contributed by atoms with E-state index in [1.807, 2.05) is 24.3 Å². The highest BCUT2D eigenvalue weighted by molar-refractivity contribution is 6.30. The number of aliphatic hydroxyl groups is 1. The normalized spacial score (nSPS) is 21.6. The van der Waals surface area contributed by atoms with Gasteiger partial charge < -0.3 is 14.9 Å². The predicted molar refractivity (Wildman–Crippen MR) is 84.1 cm³/mol. The third-order valence-corrected chi connectivity index (χ3v) is 4.42. The van der Waals surface area contributed by atoms with Crippen LogP contribution in [0.2, 0.25) is 5.02 Å². The van der Waals surface area contributed by atoms with E-state index in [0.717, 1.165) is 37.7 Å². The summed E-state index contributed by atoms with van der Waals surface area (Å²) in [5.74, 6) is 0.734. The second kappa shape index (κ2) is 7.41. The molecule has 3 nitrogen and oxygen atoms in total. The van der Waals surface area contributed by atoms with Crippen LogP contribution < -0.4 is 0 Å². The summed E-state index contributed by atoms with van der Waals surface area (Å²) in [5, 5.41) is 11.0. The molecule has 0 bridgehead atoms. The summed E-state index contributed by atoms with van der Waals surface area (Å²) in [6.07, 6.45) is 0.812. The second-order valence-electron chi connectivity index (χ2n) is 5.84. The van der Waals surface area contributed by atoms with Gasteiger partial charge in [0.2, 0.25) is 0 Å². The van der Waals surface area contributed by atoms with Gasteiger partial charge in [0.05, 0.1) is 6.10 Å². The van der Waals surface area contributed by atoms with E-state index < -0.39 is 6.10 Å². The van der Waals surface area contributed by atoms with E-state index in [9.17, 15) is 5.11 Å². The molecule has 0 radical (unpaired) electrons. The maximum Gasteiger partial charge on any atom is 0.0916 e. The summed E-state index contributed by atoms with van der Waals surface area (Å²) >= 11 is 5.87. The van der Waals surface area contributed by atoms with E-state index >= 15 is 0 Å². The zero-order valence-electron chi connectivity index (χ0n) is 12.4. The SMILES string of the molecule is CCN(C)CC1CCN(CC(O)c2ccc(Cl)cc2)C1. The van der Waals surface area contributed by atoms with Crippen molar-refractivity contribution in [1.29, 1.82) is 0 Å². The number of halogens is 1. The van der Waals surface area contributed by atoms with Crippen molar-refractivity contribution < 1.29 is 5.11 Å². The average Bonchev–Trinajstić information content (AvgIpc) is 2.86. The van der Waals surface area contributed by atoms with Crippen LogP contribution in [-0.2, 0) is 0 Å². The minimum Gasteiger partial charge on any atom is -0.387 e. The Morgan fingerprint density at radius 2 is 2.10 bits per heavy atom. The van der Waals surface area contributed by atoms with Crippen LogP contribution in [0.5, 0.6) is 0 Å². The number of rotatable bonds is 6. The van der Waals surface area contributed by atoms with Crippen LogP contribution in [0.1, 0.15) is 25.0 Å². The maximum absolute atomic E-state index is 10.3. The zero-order chi connectivity index (χ0) is 14.5. The van der Waals surface area contributed by atoms with E-state index in [0.29, 0.717) is 11.6 Å². The van der Waals surface area contributed by atoms with Crippen LogP contribution in [0.4, 0.5) is 0 Å². The second-order valence-corrected chi connectivity index (χ2v) is 6.27. The number of hydrogen-bond acceptors (Lipinski definition) is 3. The van der Waals surface area contributed by atoms with E-state index in [1.165, 1.54) is 6.42 Å². The fourth-order valence-electron chi connectivity index (χ4n) is 2.83. The van der Waals surface area contributed by atoms with Gasteiger partial charge in [-0.1, -0.05) is 30.7 Å². The van der Waals surface area contributed by atoms with Crippen molar-refractivity contribution in [2.24, 2.45) is 5.92 Å². The van der Waals surface area contributed by atoms with Gasteiger partial charge in [0.25, 0.3) is 0 Å². The molecule has 2 rings (SSSR count). The summed E-state index contributed by atoms with van der Waals surface area (Å²) in [6.45, 7) is 7.35. The molecule has 0 saturated carbocycles. The number of aliphatic hydroxyl groups excluding tert-OH is 1. The molecular formula is C16H25ClN2O. The Morgan fingerprint density at radius 3 is 2.75 bits per heavy atom. The Kier molecular flexibility index (Phi) is 5.85. The van der Waals surface area contributed by atoms with Crippen LogP contribution in [0.25, 0.3) is 0 Å². The summed E-state index contributed by atoms with van der Waals surface area (Å²) in [4.78, 5) is 4.73. The van der Waals surface area contributed by atoms with Gasteiger partial charge in [-0.25, -0.2) is 0 Å². The summed E-state index contributed by atoms with van der Waals surface area (Å²) < 4.78 is 0. The fraction of sp³-hybridized carbons (Fsp3) is 0.625. The predicted octanol–water partition coefficient (Wildman–Crippen LogP) is 2.65. The van der Waals surface area contributed by atoms with Crippen molar-refractivity contribution in [3.05, 3.63) is 34.9 Å². The standard InChI is InChI=1S/C16H25ClN2O/c1-3-18(2)10-13-8-9-19(11-13)12-16(20)14-4-6-15(17)7-5-14/h4-7,13,16,20H,3,8-12H2,1-2H3. The molecule has 1 aliphatic heterocycles. The van der Waals surface area contributed by atoms with Crippen LogP contribution in [-0.4, -0.2) is 54.7 Å². The summed E-state index contributed by atoms with van der Waals surface area (Å²) in [6, 6.07) is 7.49. The monoisotopic (exact) mass is 296 g/mol. The number of likely N-dealkylation sites (tertiary alicyclic amines) is 1. The summed E-state index contributed by atoms with van der Waals surface area (Å²) in [7, 11) is 2.17. The van der Waals surface area contributed by atoms with E-state index in [-0.39, 0.29) is 0 Å². The lowest BCUT2D eigenvalue weighted by Crippen LogP contribution is -2.30. The van der Waals surface area contributed by atoms with Crippen molar-refractivity contribution in [3.8, 4) is 0 Å². The molecule has 1 fully saturated rings. The third-order valence-electron chi connectivity index (χ3n) is 4.17. The molecule has 0 aromatic heterocycles. The van der Waals surface area contributed by atoms with Gasteiger partial charge in [-0.2, -0.15) is 0 Å². The number of benzene rings is 1. The topological polar surface area (TPSA) is 26.7 Å². The number of hydrogen-bond donors (Lipinski definition) is 1. The Balaban J connectivity index is 1.81. The Labute approximate surface area is 127 Å². The lowest BCUT2D eigenvalue weighted by atomic mass is 10.1. The van der Waals surface area contributed by atoms with Gasteiger partial charge >= 0.3 is 0 Å². The first kappa shape index (κ1) is 15.8. The Bertz CT molecular complexity index is 409. The molecule has 112 valence electrons.